The van der Waals surface area contributed by atoms with Gasteiger partial charge in [-0.3, -0.25) is 19.8 Å². The molecule has 0 aromatic carbocycles. The van der Waals surface area contributed by atoms with Crippen LogP contribution in [0.2, 0.25) is 0 Å². The first-order valence-corrected chi connectivity index (χ1v) is 5.63. The first-order valence-electron chi connectivity index (χ1n) is 5.63. The van der Waals surface area contributed by atoms with E-state index in [1.54, 1.807) is 24.9 Å². The largest absolute Gasteiger partial charge is 0.481 e. The molecule has 1 aliphatic heterocycles. The number of likely N-dealkylation sites (N-methyl/N-ethyl adjacent to an activating group) is 1. The van der Waals surface area contributed by atoms with Crippen molar-refractivity contribution in [1.29, 1.82) is 0 Å². The van der Waals surface area contributed by atoms with Crippen LogP contribution in [-0.2, 0) is 23.2 Å². The van der Waals surface area contributed by atoms with E-state index in [4.69, 9.17) is 4.74 Å². The SMILES string of the molecule is COc1cc(CNC2CC(=O)N(C)C2=O)nn1C. The summed E-state index contributed by atoms with van der Waals surface area (Å²) in [5, 5.41) is 7.25. The third-order valence-electron chi connectivity index (χ3n) is 3.01. The van der Waals surface area contributed by atoms with Gasteiger partial charge >= 0.3 is 0 Å². The van der Waals surface area contributed by atoms with Gasteiger partial charge < -0.3 is 4.74 Å². The summed E-state index contributed by atoms with van der Waals surface area (Å²) in [5.74, 6) is 0.303. The predicted octanol–water partition coefficient (Wildman–Crippen LogP) is -0.724. The van der Waals surface area contributed by atoms with Gasteiger partial charge in [-0.1, -0.05) is 0 Å². The third-order valence-corrected chi connectivity index (χ3v) is 3.01. The van der Waals surface area contributed by atoms with Gasteiger partial charge in [0.2, 0.25) is 17.7 Å². The topological polar surface area (TPSA) is 76.5 Å². The van der Waals surface area contributed by atoms with E-state index in [9.17, 15) is 9.59 Å². The Labute approximate surface area is 105 Å². The molecule has 1 aliphatic rings. The van der Waals surface area contributed by atoms with Gasteiger partial charge in [-0.05, 0) is 0 Å². The quantitative estimate of drug-likeness (QED) is 0.715. The van der Waals surface area contributed by atoms with Crippen molar-refractivity contribution in [3.8, 4) is 5.88 Å². The van der Waals surface area contributed by atoms with Crippen molar-refractivity contribution >= 4 is 11.8 Å². The maximum absolute atomic E-state index is 11.7. The summed E-state index contributed by atoms with van der Waals surface area (Å²) in [6.07, 6.45) is 0.208. The van der Waals surface area contributed by atoms with Crippen LogP contribution < -0.4 is 10.1 Å². The lowest BCUT2D eigenvalue weighted by atomic mass is 10.2. The average Bonchev–Trinajstić information content (AvgIpc) is 2.82. The Kier molecular flexibility index (Phi) is 3.33. The zero-order chi connectivity index (χ0) is 13.3. The first kappa shape index (κ1) is 12.6. The molecule has 1 unspecified atom stereocenters. The van der Waals surface area contributed by atoms with Crippen molar-refractivity contribution in [2.45, 2.75) is 19.0 Å². The smallest absolute Gasteiger partial charge is 0.246 e. The predicted molar refractivity (Wildman–Crippen MR) is 62.8 cm³/mol. The number of aromatic nitrogens is 2. The number of imide groups is 1. The summed E-state index contributed by atoms with van der Waals surface area (Å²) in [5.41, 5.74) is 0.768. The second-order valence-corrected chi connectivity index (χ2v) is 4.23. The summed E-state index contributed by atoms with van der Waals surface area (Å²) in [6, 6.07) is 1.34. The Hall–Kier alpha value is -1.89. The van der Waals surface area contributed by atoms with Gasteiger partial charge in [0.05, 0.1) is 25.3 Å². The maximum atomic E-state index is 11.7. The summed E-state index contributed by atoms with van der Waals surface area (Å²) in [7, 11) is 4.85. The van der Waals surface area contributed by atoms with E-state index in [1.165, 1.54) is 7.05 Å². The lowest BCUT2D eigenvalue weighted by molar-refractivity contribution is -0.137. The van der Waals surface area contributed by atoms with E-state index in [2.05, 4.69) is 10.4 Å². The summed E-state index contributed by atoms with van der Waals surface area (Å²) in [6.45, 7) is 0.425. The van der Waals surface area contributed by atoms with Gasteiger partial charge in [0.1, 0.15) is 0 Å². The van der Waals surface area contributed by atoms with Crippen LogP contribution in [0.15, 0.2) is 6.07 Å². The molecular weight excluding hydrogens is 236 g/mol. The van der Waals surface area contributed by atoms with Crippen molar-refractivity contribution < 1.29 is 14.3 Å². The fraction of sp³-hybridized carbons (Fsp3) is 0.545. The van der Waals surface area contributed by atoms with E-state index in [-0.39, 0.29) is 18.2 Å². The van der Waals surface area contributed by atoms with Gasteiger partial charge in [-0.2, -0.15) is 5.10 Å². The molecule has 1 aromatic heterocycles. The first-order chi connectivity index (χ1) is 8.52. The maximum Gasteiger partial charge on any atom is 0.246 e. The number of rotatable bonds is 4. The van der Waals surface area contributed by atoms with Crippen molar-refractivity contribution in [1.82, 2.24) is 20.0 Å². The van der Waals surface area contributed by atoms with E-state index >= 15 is 0 Å². The Morgan fingerprint density at radius 1 is 1.50 bits per heavy atom. The van der Waals surface area contributed by atoms with Crippen LogP contribution in [0.3, 0.4) is 0 Å². The van der Waals surface area contributed by atoms with E-state index in [0.29, 0.717) is 12.4 Å². The molecule has 2 amide bonds. The minimum atomic E-state index is -0.449. The van der Waals surface area contributed by atoms with Crippen LogP contribution >= 0.6 is 0 Å². The van der Waals surface area contributed by atoms with Crippen molar-refractivity contribution in [2.24, 2.45) is 7.05 Å². The van der Waals surface area contributed by atoms with Gasteiger partial charge in [0.25, 0.3) is 0 Å². The highest BCUT2D eigenvalue weighted by Crippen LogP contribution is 2.13. The Morgan fingerprint density at radius 2 is 2.22 bits per heavy atom. The van der Waals surface area contributed by atoms with Gasteiger partial charge in [0.15, 0.2) is 0 Å². The van der Waals surface area contributed by atoms with E-state index in [1.807, 2.05) is 0 Å². The molecule has 1 atom stereocenters. The molecule has 1 saturated heterocycles. The molecule has 2 heterocycles. The number of hydrogen-bond donors (Lipinski definition) is 1. The summed E-state index contributed by atoms with van der Waals surface area (Å²) >= 11 is 0. The lowest BCUT2D eigenvalue weighted by Gasteiger charge is -2.09. The minimum Gasteiger partial charge on any atom is -0.481 e. The standard InChI is InChI=1S/C11H16N4O3/c1-14-9(16)5-8(11(14)17)12-6-7-4-10(18-3)15(2)13-7/h4,8,12H,5-6H2,1-3H3. The van der Waals surface area contributed by atoms with Gasteiger partial charge in [0, 0.05) is 26.7 Å². The molecule has 1 aromatic rings. The highest BCUT2D eigenvalue weighted by Gasteiger charge is 2.35. The second kappa shape index (κ2) is 4.77. The molecule has 7 heteroatoms. The normalized spacial score (nSPS) is 19.7. The Balaban J connectivity index is 1.96. The number of amides is 2. The van der Waals surface area contributed by atoms with Crippen molar-refractivity contribution in [3.05, 3.63) is 11.8 Å². The number of carbonyl (C=O) groups is 2. The number of hydrogen-bond acceptors (Lipinski definition) is 5. The molecule has 0 saturated carbocycles. The highest BCUT2D eigenvalue weighted by atomic mass is 16.5. The summed E-state index contributed by atoms with van der Waals surface area (Å²) in [4.78, 5) is 24.1. The number of methoxy groups -OCH3 is 1. The fourth-order valence-electron chi connectivity index (χ4n) is 1.93. The van der Waals surface area contributed by atoms with Crippen LogP contribution in [0.1, 0.15) is 12.1 Å². The molecule has 0 aliphatic carbocycles. The number of carbonyl (C=O) groups excluding carboxylic acids is 2. The molecule has 7 nitrogen and oxygen atoms in total. The van der Waals surface area contributed by atoms with Crippen molar-refractivity contribution in [3.63, 3.8) is 0 Å². The Morgan fingerprint density at radius 3 is 2.72 bits per heavy atom. The lowest BCUT2D eigenvalue weighted by Crippen LogP contribution is -2.36. The molecule has 98 valence electrons. The monoisotopic (exact) mass is 252 g/mol. The Bertz CT molecular complexity index is 483. The number of aryl methyl sites for hydroxylation is 1. The highest BCUT2D eigenvalue weighted by molar-refractivity contribution is 6.05. The number of likely N-dealkylation sites (tertiary alicyclic amines) is 1. The summed E-state index contributed by atoms with van der Waals surface area (Å²) < 4.78 is 6.71. The zero-order valence-electron chi connectivity index (χ0n) is 10.6. The molecule has 0 radical (unpaired) electrons. The van der Waals surface area contributed by atoms with Crippen LogP contribution in [0.4, 0.5) is 0 Å². The molecule has 18 heavy (non-hydrogen) atoms. The van der Waals surface area contributed by atoms with Crippen LogP contribution in [0, 0.1) is 0 Å². The van der Waals surface area contributed by atoms with Crippen LogP contribution in [0.25, 0.3) is 0 Å². The third kappa shape index (κ3) is 2.21. The van der Waals surface area contributed by atoms with E-state index < -0.39 is 6.04 Å². The number of nitrogens with one attached hydrogen (secondary N) is 1. The molecular formula is C11H16N4O3. The van der Waals surface area contributed by atoms with Gasteiger partial charge in [-0.15, -0.1) is 0 Å². The number of ether oxygens (including phenoxy) is 1. The molecule has 1 N–H and O–H groups in total. The minimum absolute atomic E-state index is 0.156. The van der Waals surface area contributed by atoms with Gasteiger partial charge in [-0.25, -0.2) is 4.68 Å². The average molecular weight is 252 g/mol. The second-order valence-electron chi connectivity index (χ2n) is 4.23. The molecule has 0 spiro atoms. The fourth-order valence-corrected chi connectivity index (χ4v) is 1.93. The van der Waals surface area contributed by atoms with Crippen molar-refractivity contribution in [2.75, 3.05) is 14.2 Å². The molecule has 0 bridgehead atoms. The number of nitrogens with zero attached hydrogens (tertiary/aromatic N) is 3. The molecule has 2 rings (SSSR count). The van der Waals surface area contributed by atoms with Crippen LogP contribution in [-0.4, -0.2) is 46.7 Å². The molecule has 1 fully saturated rings. The van der Waals surface area contributed by atoms with Crippen LogP contribution in [0.5, 0.6) is 5.88 Å². The zero-order valence-corrected chi connectivity index (χ0v) is 10.6. The van der Waals surface area contributed by atoms with E-state index in [0.717, 1.165) is 10.6 Å².